The maximum atomic E-state index is 15.3. The summed E-state index contributed by atoms with van der Waals surface area (Å²) in [5.74, 6) is -2.56. The second-order valence-corrected chi connectivity index (χ2v) is 12.9. The Morgan fingerprint density at radius 2 is 1.81 bits per heavy atom. The summed E-state index contributed by atoms with van der Waals surface area (Å²) in [6.07, 6.45) is 5.38. The molecule has 6 rings (SSSR count). The molecule has 0 radical (unpaired) electrons. The molecule has 1 aliphatic rings. The van der Waals surface area contributed by atoms with Gasteiger partial charge in [0.05, 0.1) is 23.4 Å². The fourth-order valence-electron chi connectivity index (χ4n) is 6.09. The Morgan fingerprint density at radius 1 is 1.04 bits per heavy atom. The lowest BCUT2D eigenvalue weighted by Gasteiger charge is -2.36. The number of aromatic nitrogens is 5. The number of hydrogen-bond acceptors (Lipinski definition) is 10. The molecule has 0 aliphatic carbocycles. The monoisotopic (exact) mass is 751 g/mol. The average molecular weight is 752 g/mol. The van der Waals surface area contributed by atoms with Crippen molar-refractivity contribution in [2.24, 2.45) is 0 Å². The van der Waals surface area contributed by atoms with Gasteiger partial charge in [-0.25, -0.2) is 14.2 Å². The minimum atomic E-state index is -1.14. The molecule has 2 N–H and O–H groups in total. The molecule has 14 nitrogen and oxygen atoms in total. The van der Waals surface area contributed by atoms with Gasteiger partial charge in [0.1, 0.15) is 18.2 Å². The number of esters is 1. The van der Waals surface area contributed by atoms with E-state index in [1.165, 1.54) is 65.6 Å². The van der Waals surface area contributed by atoms with Crippen LogP contribution in [0.1, 0.15) is 43.4 Å². The highest BCUT2D eigenvalue weighted by Crippen LogP contribution is 2.37. The normalized spacial score (nSPS) is 13.8. The zero-order valence-corrected chi connectivity index (χ0v) is 30.2. The van der Waals surface area contributed by atoms with Gasteiger partial charge >= 0.3 is 5.97 Å². The van der Waals surface area contributed by atoms with Crippen molar-refractivity contribution in [1.29, 1.82) is 0 Å². The van der Waals surface area contributed by atoms with Crippen LogP contribution in [0.15, 0.2) is 85.3 Å². The Morgan fingerprint density at radius 3 is 2.50 bits per heavy atom. The quantitative estimate of drug-likeness (QED) is 0.146. The minimum absolute atomic E-state index is 0.0337. The molecular weight excluding hydrogens is 717 g/mol. The summed E-state index contributed by atoms with van der Waals surface area (Å²) in [5.41, 5.74) is 3.97. The molecule has 3 aromatic carbocycles. The third-order valence-corrected chi connectivity index (χ3v) is 9.08. The lowest BCUT2D eigenvalue weighted by Crippen LogP contribution is -2.45. The van der Waals surface area contributed by atoms with Gasteiger partial charge in [-0.2, -0.15) is 4.68 Å². The summed E-state index contributed by atoms with van der Waals surface area (Å²) in [7, 11) is 5.11. The molecule has 3 heterocycles. The van der Waals surface area contributed by atoms with Crippen LogP contribution >= 0.6 is 11.6 Å². The van der Waals surface area contributed by atoms with Gasteiger partial charge in [-0.05, 0) is 95.7 Å². The summed E-state index contributed by atoms with van der Waals surface area (Å²) in [4.78, 5) is 60.4. The molecule has 16 heteroatoms. The van der Waals surface area contributed by atoms with E-state index in [-0.39, 0.29) is 40.1 Å². The number of benzene rings is 3. The number of likely N-dealkylation sites (N-methyl/N-ethyl adjacent to an activating group) is 1. The van der Waals surface area contributed by atoms with Crippen molar-refractivity contribution in [1.82, 2.24) is 40.3 Å². The number of methoxy groups -OCH3 is 1. The van der Waals surface area contributed by atoms with Crippen LogP contribution in [0.25, 0.3) is 22.9 Å². The van der Waals surface area contributed by atoms with Gasteiger partial charge in [-0.3, -0.25) is 14.4 Å². The van der Waals surface area contributed by atoms with Crippen LogP contribution in [0, 0.1) is 5.82 Å². The molecule has 5 aromatic rings. The number of carbonyl (C=O) groups is 4. The number of anilines is 1. The number of pyridine rings is 1. The average Bonchev–Trinajstić information content (AvgIpc) is 3.72. The van der Waals surface area contributed by atoms with Gasteiger partial charge in [-0.15, -0.1) is 5.10 Å². The molecule has 0 fully saturated rings. The second kappa shape index (κ2) is 16.6. The minimum Gasteiger partial charge on any atom is -0.465 e. The van der Waals surface area contributed by atoms with E-state index in [4.69, 9.17) is 16.3 Å². The van der Waals surface area contributed by atoms with Gasteiger partial charge in [0.25, 0.3) is 11.8 Å². The van der Waals surface area contributed by atoms with Crippen LogP contribution in [0.2, 0.25) is 5.02 Å². The largest absolute Gasteiger partial charge is 0.465 e. The van der Waals surface area contributed by atoms with Crippen molar-refractivity contribution < 1.29 is 28.3 Å². The number of ether oxygens (including phenoxy) is 1. The van der Waals surface area contributed by atoms with Gasteiger partial charge in [-0.1, -0.05) is 41.9 Å². The first-order valence-electron chi connectivity index (χ1n) is 16.8. The van der Waals surface area contributed by atoms with E-state index in [1.54, 1.807) is 24.3 Å². The molecule has 0 spiro atoms. The highest BCUT2D eigenvalue weighted by Gasteiger charge is 2.36. The van der Waals surface area contributed by atoms with Crippen molar-refractivity contribution in [3.05, 3.63) is 124 Å². The molecule has 0 saturated heterocycles. The predicted octanol–water partition coefficient (Wildman–Crippen LogP) is 4.37. The van der Waals surface area contributed by atoms with Crippen molar-refractivity contribution in [2.75, 3.05) is 46.2 Å². The molecule has 2 aromatic heterocycles. The first kappa shape index (κ1) is 37.4. The zero-order valence-electron chi connectivity index (χ0n) is 29.5. The lowest BCUT2D eigenvalue weighted by atomic mass is 9.86. The molecule has 54 heavy (non-hydrogen) atoms. The van der Waals surface area contributed by atoms with Crippen LogP contribution in [0.3, 0.4) is 0 Å². The Kier molecular flexibility index (Phi) is 11.5. The molecular formula is C38H35ClFN9O5. The Bertz CT molecular complexity index is 2210. The maximum Gasteiger partial charge on any atom is 0.339 e. The summed E-state index contributed by atoms with van der Waals surface area (Å²) >= 11 is 6.09. The molecule has 276 valence electrons. The van der Waals surface area contributed by atoms with E-state index in [1.807, 2.05) is 37.2 Å². The van der Waals surface area contributed by atoms with Crippen LogP contribution in [0.5, 0.6) is 0 Å². The number of nitrogens with one attached hydrogen (secondary N) is 2. The smallest absolute Gasteiger partial charge is 0.339 e. The standard InChI is InChI=1S/C38H35ClFN9O5/c1-47(2)20-18-41-36(51)24-9-7-23(8-10-24)26-5-4-6-28-27(26)17-19-48(35(28)37(52)44-32-15-11-25(21-42-32)38(53)54-3)33(50)16-12-29-31(49-22-43-45-46-49)14-13-30(39)34(29)40/h4-16,21-22,35H,17-20H2,1-3H3,(H,41,51)(H,42,44,52). The summed E-state index contributed by atoms with van der Waals surface area (Å²) in [5, 5.41) is 16.6. The first-order chi connectivity index (χ1) is 26.0. The molecule has 0 saturated carbocycles. The summed E-state index contributed by atoms with van der Waals surface area (Å²) in [6.45, 7) is 1.34. The van der Waals surface area contributed by atoms with Crippen molar-refractivity contribution in [3.63, 3.8) is 0 Å². The van der Waals surface area contributed by atoms with Crippen molar-refractivity contribution >= 4 is 47.2 Å². The molecule has 3 amide bonds. The van der Waals surface area contributed by atoms with E-state index in [2.05, 4.69) is 31.1 Å². The van der Waals surface area contributed by atoms with Gasteiger partial charge < -0.3 is 25.2 Å². The maximum absolute atomic E-state index is 15.3. The number of rotatable bonds is 11. The summed E-state index contributed by atoms with van der Waals surface area (Å²) in [6, 6.07) is 17.3. The van der Waals surface area contributed by atoms with Crippen LogP contribution in [0.4, 0.5) is 10.2 Å². The van der Waals surface area contributed by atoms with Crippen molar-refractivity contribution in [2.45, 2.75) is 12.5 Å². The highest BCUT2D eigenvalue weighted by molar-refractivity contribution is 6.31. The van der Waals surface area contributed by atoms with Crippen LogP contribution in [-0.2, 0) is 20.7 Å². The number of amides is 3. The van der Waals surface area contributed by atoms with Crippen LogP contribution < -0.4 is 10.6 Å². The molecule has 1 aliphatic heterocycles. The highest BCUT2D eigenvalue weighted by atomic mass is 35.5. The number of fused-ring (bicyclic) bond motifs is 1. The van der Waals surface area contributed by atoms with Gasteiger partial charge in [0.2, 0.25) is 5.91 Å². The summed E-state index contributed by atoms with van der Waals surface area (Å²) < 4.78 is 21.3. The number of hydrogen-bond donors (Lipinski definition) is 2. The van der Waals surface area contributed by atoms with E-state index in [0.29, 0.717) is 30.6 Å². The molecule has 0 bridgehead atoms. The fraction of sp³-hybridized carbons (Fsp3) is 0.211. The Balaban J connectivity index is 1.33. The number of carbonyl (C=O) groups excluding carboxylic acids is 4. The van der Waals surface area contributed by atoms with Crippen LogP contribution in [-0.4, -0.2) is 99.5 Å². The van der Waals surface area contributed by atoms with Gasteiger partial charge in [0, 0.05) is 43.0 Å². The van der Waals surface area contributed by atoms with Gasteiger partial charge in [0.15, 0.2) is 5.82 Å². The predicted molar refractivity (Wildman–Crippen MR) is 198 cm³/mol. The van der Waals surface area contributed by atoms with E-state index in [0.717, 1.165) is 16.7 Å². The number of nitrogens with zero attached hydrogens (tertiary/aromatic N) is 7. The Hall–Kier alpha value is -6.32. The third-order valence-electron chi connectivity index (χ3n) is 8.79. The SMILES string of the molecule is COC(=O)c1ccc(NC(=O)C2c3cccc(-c4ccc(C(=O)NCCN(C)C)cc4)c3CCN2C(=O)C=Cc2c(-n3cnnn3)ccc(Cl)c2F)nc1. The number of tetrazole rings is 1. The molecule has 1 atom stereocenters. The first-order valence-corrected chi connectivity index (χ1v) is 17.1. The molecule has 1 unspecified atom stereocenters. The zero-order chi connectivity index (χ0) is 38.4. The topological polar surface area (TPSA) is 165 Å². The van der Waals surface area contributed by atoms with E-state index < -0.39 is 29.6 Å². The van der Waals surface area contributed by atoms with E-state index in [9.17, 15) is 19.2 Å². The Labute approximate surface area is 314 Å². The fourth-order valence-corrected chi connectivity index (χ4v) is 6.26. The third kappa shape index (κ3) is 8.17. The van der Waals surface area contributed by atoms with Crippen molar-refractivity contribution in [3.8, 4) is 16.8 Å². The van der Waals surface area contributed by atoms with E-state index >= 15 is 4.39 Å². The lowest BCUT2D eigenvalue weighted by molar-refractivity contribution is -0.135. The number of halogens is 2. The second-order valence-electron chi connectivity index (χ2n) is 12.5.